The summed E-state index contributed by atoms with van der Waals surface area (Å²) >= 11 is 0. The third-order valence-corrected chi connectivity index (χ3v) is 5.42. The molecule has 0 aliphatic rings. The molecule has 0 aliphatic carbocycles. The van der Waals surface area contributed by atoms with Crippen LogP contribution in [-0.2, 0) is 20.0 Å². The van der Waals surface area contributed by atoms with E-state index >= 15 is 0 Å². The molecule has 5 rings (SSSR count). The molecule has 5 aromatic rings. The van der Waals surface area contributed by atoms with E-state index in [0.717, 1.165) is 51.3 Å². The van der Waals surface area contributed by atoms with Gasteiger partial charge < -0.3 is 9.26 Å². The SMILES string of the molecule is COc1cc(-c2cnn(C)c2)cn2ncc(-c3cn(CCc4c(C)noc4C)nn3)c12. The molecular formula is C21H22N8O2. The van der Waals surface area contributed by atoms with Crippen LogP contribution in [-0.4, -0.2) is 46.7 Å². The fourth-order valence-electron chi connectivity index (χ4n) is 3.77. The van der Waals surface area contributed by atoms with Crippen LogP contribution in [0.25, 0.3) is 27.9 Å². The lowest BCUT2D eigenvalue weighted by molar-refractivity contribution is 0.392. The molecule has 5 aromatic heterocycles. The summed E-state index contributed by atoms with van der Waals surface area (Å²) in [6.45, 7) is 4.55. The zero-order chi connectivity index (χ0) is 21.5. The van der Waals surface area contributed by atoms with E-state index < -0.39 is 0 Å². The first-order valence-electron chi connectivity index (χ1n) is 9.90. The Morgan fingerprint density at radius 2 is 1.94 bits per heavy atom. The molecular weight excluding hydrogens is 396 g/mol. The van der Waals surface area contributed by atoms with Crippen molar-refractivity contribution in [1.29, 1.82) is 0 Å². The largest absolute Gasteiger partial charge is 0.494 e. The lowest BCUT2D eigenvalue weighted by Gasteiger charge is -2.07. The number of aromatic nitrogens is 8. The van der Waals surface area contributed by atoms with Crippen molar-refractivity contribution in [3.8, 4) is 28.1 Å². The van der Waals surface area contributed by atoms with Gasteiger partial charge in [-0.25, -0.2) is 4.52 Å². The minimum absolute atomic E-state index is 0.678. The van der Waals surface area contributed by atoms with Gasteiger partial charge in [0.15, 0.2) is 0 Å². The number of fused-ring (bicyclic) bond motifs is 1. The number of aryl methyl sites for hydroxylation is 4. The molecule has 0 N–H and O–H groups in total. The number of methoxy groups -OCH3 is 1. The summed E-state index contributed by atoms with van der Waals surface area (Å²) in [6.07, 6.45) is 10.2. The second-order valence-corrected chi connectivity index (χ2v) is 7.47. The fraction of sp³-hybridized carbons (Fsp3) is 0.286. The molecule has 0 saturated carbocycles. The molecule has 0 aliphatic heterocycles. The van der Waals surface area contributed by atoms with E-state index in [4.69, 9.17) is 9.26 Å². The summed E-state index contributed by atoms with van der Waals surface area (Å²) < 4.78 is 16.3. The highest BCUT2D eigenvalue weighted by molar-refractivity contribution is 5.84. The Morgan fingerprint density at radius 1 is 1.06 bits per heavy atom. The molecule has 0 saturated heterocycles. The van der Waals surface area contributed by atoms with Crippen molar-refractivity contribution < 1.29 is 9.26 Å². The van der Waals surface area contributed by atoms with E-state index in [2.05, 4.69) is 25.7 Å². The second kappa shape index (κ2) is 7.38. The van der Waals surface area contributed by atoms with Gasteiger partial charge in [-0.1, -0.05) is 10.4 Å². The number of rotatable bonds is 6. The highest BCUT2D eigenvalue weighted by atomic mass is 16.5. The first kappa shape index (κ1) is 19.0. The van der Waals surface area contributed by atoms with Crippen LogP contribution in [0.1, 0.15) is 17.0 Å². The molecule has 0 aromatic carbocycles. The summed E-state index contributed by atoms with van der Waals surface area (Å²) in [4.78, 5) is 0. The van der Waals surface area contributed by atoms with Gasteiger partial charge in [0.2, 0.25) is 0 Å². The zero-order valence-electron chi connectivity index (χ0n) is 17.8. The molecule has 5 heterocycles. The van der Waals surface area contributed by atoms with E-state index in [-0.39, 0.29) is 0 Å². The molecule has 31 heavy (non-hydrogen) atoms. The summed E-state index contributed by atoms with van der Waals surface area (Å²) in [5.41, 5.74) is 6.42. The van der Waals surface area contributed by atoms with Gasteiger partial charge in [0.1, 0.15) is 22.7 Å². The smallest absolute Gasteiger partial charge is 0.145 e. The monoisotopic (exact) mass is 418 g/mol. The zero-order valence-corrected chi connectivity index (χ0v) is 17.8. The first-order valence-corrected chi connectivity index (χ1v) is 9.90. The van der Waals surface area contributed by atoms with Gasteiger partial charge in [0.05, 0.1) is 37.0 Å². The maximum atomic E-state index is 5.69. The van der Waals surface area contributed by atoms with Crippen molar-refractivity contribution in [3.05, 3.63) is 54.1 Å². The van der Waals surface area contributed by atoms with Crippen molar-refractivity contribution >= 4 is 5.52 Å². The van der Waals surface area contributed by atoms with E-state index in [1.165, 1.54) is 0 Å². The standard InChI is InChI=1S/C21H22N8O2/c1-13-17(14(2)31-25-13)5-6-28-12-19(24-26-28)18-9-23-29-11-15(7-20(30-4)21(18)29)16-8-22-27(3)10-16/h7-12H,5-6H2,1-4H3. The summed E-state index contributed by atoms with van der Waals surface area (Å²) in [6, 6.07) is 1.99. The number of hydrogen-bond donors (Lipinski definition) is 0. The Hall–Kier alpha value is -3.95. The molecule has 0 radical (unpaired) electrons. The summed E-state index contributed by atoms with van der Waals surface area (Å²) in [5.74, 6) is 1.55. The summed E-state index contributed by atoms with van der Waals surface area (Å²) in [7, 11) is 3.54. The van der Waals surface area contributed by atoms with Crippen molar-refractivity contribution in [3.63, 3.8) is 0 Å². The van der Waals surface area contributed by atoms with Gasteiger partial charge in [-0.15, -0.1) is 5.10 Å². The van der Waals surface area contributed by atoms with Crippen molar-refractivity contribution in [2.45, 2.75) is 26.8 Å². The number of ether oxygens (including phenoxy) is 1. The molecule has 10 heteroatoms. The van der Waals surface area contributed by atoms with Gasteiger partial charge in [-0.05, 0) is 26.3 Å². The Bertz CT molecular complexity index is 1350. The number of nitrogens with zero attached hydrogens (tertiary/aromatic N) is 8. The quantitative estimate of drug-likeness (QED) is 0.418. The second-order valence-electron chi connectivity index (χ2n) is 7.47. The van der Waals surface area contributed by atoms with E-state index in [1.807, 2.05) is 56.4 Å². The average molecular weight is 418 g/mol. The molecule has 0 amide bonds. The van der Waals surface area contributed by atoms with E-state index in [1.54, 1.807) is 22.5 Å². The van der Waals surface area contributed by atoms with Gasteiger partial charge in [0.25, 0.3) is 0 Å². The third-order valence-electron chi connectivity index (χ3n) is 5.42. The molecule has 158 valence electrons. The summed E-state index contributed by atoms with van der Waals surface area (Å²) in [5, 5.41) is 21.4. The van der Waals surface area contributed by atoms with Crippen molar-refractivity contribution in [1.82, 2.24) is 39.5 Å². The van der Waals surface area contributed by atoms with Gasteiger partial charge in [-0.2, -0.15) is 10.2 Å². The van der Waals surface area contributed by atoms with Crippen LogP contribution in [0, 0.1) is 13.8 Å². The van der Waals surface area contributed by atoms with Gasteiger partial charge in [0, 0.05) is 42.7 Å². The topological polar surface area (TPSA) is 101 Å². The molecule has 0 atom stereocenters. The molecule has 0 bridgehead atoms. The lowest BCUT2D eigenvalue weighted by atomic mass is 10.1. The highest BCUT2D eigenvalue weighted by Gasteiger charge is 2.17. The maximum absolute atomic E-state index is 5.69. The number of hydrogen-bond acceptors (Lipinski definition) is 7. The maximum Gasteiger partial charge on any atom is 0.145 e. The van der Waals surface area contributed by atoms with Gasteiger partial charge >= 0.3 is 0 Å². The predicted molar refractivity (Wildman–Crippen MR) is 113 cm³/mol. The Balaban J connectivity index is 1.47. The normalized spacial score (nSPS) is 11.5. The van der Waals surface area contributed by atoms with E-state index in [9.17, 15) is 0 Å². The Kier molecular flexibility index (Phi) is 4.54. The van der Waals surface area contributed by atoms with Crippen LogP contribution in [0.4, 0.5) is 0 Å². The Morgan fingerprint density at radius 3 is 2.65 bits per heavy atom. The molecule has 0 unspecified atom stereocenters. The van der Waals surface area contributed by atoms with Crippen LogP contribution < -0.4 is 4.74 Å². The van der Waals surface area contributed by atoms with Gasteiger partial charge in [-0.3, -0.25) is 9.36 Å². The minimum atomic E-state index is 0.678. The van der Waals surface area contributed by atoms with Crippen LogP contribution in [0.3, 0.4) is 0 Å². The van der Waals surface area contributed by atoms with E-state index in [0.29, 0.717) is 12.3 Å². The first-order chi connectivity index (χ1) is 15.0. The molecule has 0 fully saturated rings. The van der Waals surface area contributed by atoms with Crippen molar-refractivity contribution in [2.75, 3.05) is 7.11 Å². The average Bonchev–Trinajstić information content (AvgIpc) is 3.54. The van der Waals surface area contributed by atoms with Crippen LogP contribution in [0.2, 0.25) is 0 Å². The molecule has 0 spiro atoms. The predicted octanol–water partition coefficient (Wildman–Crippen LogP) is 2.85. The van der Waals surface area contributed by atoms with Crippen molar-refractivity contribution in [2.24, 2.45) is 7.05 Å². The fourth-order valence-corrected chi connectivity index (χ4v) is 3.77. The number of pyridine rings is 1. The van der Waals surface area contributed by atoms with Crippen LogP contribution in [0.15, 0.2) is 41.6 Å². The Labute approximate surface area is 178 Å². The highest BCUT2D eigenvalue weighted by Crippen LogP contribution is 2.33. The van der Waals surface area contributed by atoms with Crippen LogP contribution in [0.5, 0.6) is 5.75 Å². The third kappa shape index (κ3) is 3.35. The molecule has 10 nitrogen and oxygen atoms in total. The lowest BCUT2D eigenvalue weighted by Crippen LogP contribution is -2.03. The minimum Gasteiger partial charge on any atom is -0.494 e. The van der Waals surface area contributed by atoms with Crippen LogP contribution >= 0.6 is 0 Å².